The molecule has 27 heavy (non-hydrogen) atoms. The zero-order valence-electron chi connectivity index (χ0n) is 20.3. The molecule has 0 radical (unpaired) electrons. The second-order valence-electron chi connectivity index (χ2n) is 9.32. The Bertz CT molecular complexity index is 231. The lowest BCUT2D eigenvalue weighted by molar-refractivity contribution is -0.870. The van der Waals surface area contributed by atoms with E-state index in [0.717, 1.165) is 4.48 Å². The molecule has 0 N–H and O–H groups in total. The van der Waals surface area contributed by atoms with Gasteiger partial charge in [-0.25, -0.2) is 0 Å². The lowest BCUT2D eigenvalue weighted by Crippen LogP contribution is -3.00. The fourth-order valence-corrected chi connectivity index (χ4v) is 3.28. The zero-order chi connectivity index (χ0) is 19.9. The lowest BCUT2D eigenvalue weighted by Gasteiger charge is -2.23. The summed E-state index contributed by atoms with van der Waals surface area (Å²) in [5, 5.41) is 0. The zero-order valence-corrected chi connectivity index (χ0v) is 21.0. The molecule has 0 aliphatic rings. The lowest BCUT2D eigenvalue weighted by atomic mass is 10.0. The van der Waals surface area contributed by atoms with Crippen molar-refractivity contribution in [1.29, 1.82) is 0 Å². The van der Waals surface area contributed by atoms with E-state index in [1.54, 1.807) is 0 Å². The maximum Gasteiger partial charge on any atom is 0.0780 e. The van der Waals surface area contributed by atoms with Crippen molar-refractivity contribution in [3.8, 4) is 0 Å². The average Bonchev–Trinajstić information content (AvgIpc) is 2.60. The summed E-state index contributed by atoms with van der Waals surface area (Å²) in [4.78, 5) is 0. The van der Waals surface area contributed by atoms with Gasteiger partial charge in [-0.1, -0.05) is 124 Å². The van der Waals surface area contributed by atoms with Crippen LogP contribution < -0.4 is 12.4 Å². The first kappa shape index (κ1) is 31.9. The number of rotatable bonds is 18. The molecule has 0 atom stereocenters. The summed E-state index contributed by atoms with van der Waals surface area (Å²) >= 11 is 0. The van der Waals surface area contributed by atoms with Crippen molar-refractivity contribution in [3.63, 3.8) is 0 Å². The van der Waals surface area contributed by atoms with Crippen LogP contribution in [0.4, 0.5) is 0 Å². The van der Waals surface area contributed by atoms with Crippen molar-refractivity contribution in [2.75, 3.05) is 27.7 Å². The van der Waals surface area contributed by atoms with E-state index in [4.69, 9.17) is 0 Å². The van der Waals surface area contributed by atoms with Crippen molar-refractivity contribution in [2.24, 2.45) is 0 Å². The average molecular weight is 406 g/mol. The van der Waals surface area contributed by atoms with Gasteiger partial charge in [-0.3, -0.25) is 0 Å². The number of hydrogen-bond donors (Lipinski definition) is 0. The van der Waals surface area contributed by atoms with Crippen LogP contribution in [-0.2, 0) is 0 Å². The van der Waals surface area contributed by atoms with Gasteiger partial charge in [0.1, 0.15) is 0 Å². The highest BCUT2D eigenvalue weighted by Gasteiger charge is 2.04. The molecule has 2 heteroatoms. The molecular formula is C25H56ClN. The maximum atomic E-state index is 2.29. The SMILES string of the molecule is CCCCCC.CCCCCCCCCCCCCCCC[N+](C)(C)C.[Cl-]. The molecular weight excluding hydrogens is 350 g/mol. The van der Waals surface area contributed by atoms with E-state index < -0.39 is 0 Å². The Morgan fingerprint density at radius 1 is 0.370 bits per heavy atom. The van der Waals surface area contributed by atoms with E-state index >= 15 is 0 Å². The minimum absolute atomic E-state index is 0. The molecule has 0 unspecified atom stereocenters. The predicted octanol–water partition coefficient (Wildman–Crippen LogP) is 5.76. The van der Waals surface area contributed by atoms with Gasteiger partial charge in [0.2, 0.25) is 0 Å². The second-order valence-corrected chi connectivity index (χ2v) is 9.32. The number of nitrogens with zero attached hydrogens (tertiary/aromatic N) is 1. The van der Waals surface area contributed by atoms with E-state index in [-0.39, 0.29) is 12.4 Å². The van der Waals surface area contributed by atoms with Crippen LogP contribution in [0.2, 0.25) is 0 Å². The van der Waals surface area contributed by atoms with Gasteiger partial charge in [0.25, 0.3) is 0 Å². The molecule has 0 amide bonds. The van der Waals surface area contributed by atoms with Crippen molar-refractivity contribution in [1.82, 2.24) is 0 Å². The Morgan fingerprint density at radius 2 is 0.593 bits per heavy atom. The molecule has 0 rings (SSSR count). The summed E-state index contributed by atoms with van der Waals surface area (Å²) in [5.74, 6) is 0. The van der Waals surface area contributed by atoms with Gasteiger partial charge in [0.05, 0.1) is 27.7 Å². The number of unbranched alkanes of at least 4 members (excludes halogenated alkanes) is 16. The highest BCUT2D eigenvalue weighted by atomic mass is 35.5. The van der Waals surface area contributed by atoms with Crippen molar-refractivity contribution >= 4 is 0 Å². The molecule has 0 heterocycles. The largest absolute Gasteiger partial charge is 1.00 e. The fourth-order valence-electron chi connectivity index (χ4n) is 3.28. The molecule has 0 bridgehead atoms. The molecule has 0 saturated heterocycles. The standard InChI is InChI=1S/C19H42N.C6H14.ClH/c1-5-6-7-8-9-10-11-12-13-14-15-16-17-18-19-20(2,3)4;1-3-5-6-4-2;/h5-19H2,1-4H3;3-6H2,1-2H3;1H/q+1;;/p-1. The Morgan fingerprint density at radius 3 is 0.852 bits per heavy atom. The molecule has 1 nitrogen and oxygen atoms in total. The molecule has 0 aliphatic carbocycles. The first-order chi connectivity index (χ1) is 12.5. The molecule has 0 aromatic rings. The van der Waals surface area contributed by atoms with Gasteiger partial charge in [-0.05, 0) is 12.8 Å². The quantitative estimate of drug-likeness (QED) is 0.201. The summed E-state index contributed by atoms with van der Waals surface area (Å²) < 4.78 is 1.12. The first-order valence-corrected chi connectivity index (χ1v) is 12.3. The normalized spacial score (nSPS) is 10.9. The van der Waals surface area contributed by atoms with Crippen LogP contribution in [0.5, 0.6) is 0 Å². The van der Waals surface area contributed by atoms with Crippen LogP contribution in [0.3, 0.4) is 0 Å². The van der Waals surface area contributed by atoms with Crippen LogP contribution in [0, 0.1) is 0 Å². The monoisotopic (exact) mass is 405 g/mol. The Kier molecular flexibility index (Phi) is 31.0. The van der Waals surface area contributed by atoms with E-state index in [9.17, 15) is 0 Å². The van der Waals surface area contributed by atoms with Crippen molar-refractivity contribution in [3.05, 3.63) is 0 Å². The fraction of sp³-hybridized carbons (Fsp3) is 1.00. The molecule has 0 aromatic carbocycles. The number of hydrogen-bond acceptors (Lipinski definition) is 0. The van der Waals surface area contributed by atoms with E-state index in [1.165, 1.54) is 122 Å². The summed E-state index contributed by atoms with van der Waals surface area (Å²) in [7, 11) is 6.88. The van der Waals surface area contributed by atoms with E-state index in [2.05, 4.69) is 41.9 Å². The van der Waals surface area contributed by atoms with Gasteiger partial charge >= 0.3 is 0 Å². The molecule has 0 saturated carbocycles. The highest BCUT2D eigenvalue weighted by molar-refractivity contribution is 4.49. The Balaban J connectivity index is -0.000000709. The molecule has 0 aromatic heterocycles. The summed E-state index contributed by atoms with van der Waals surface area (Å²) in [5.41, 5.74) is 0. The second kappa shape index (κ2) is 26.2. The predicted molar refractivity (Wildman–Crippen MR) is 123 cm³/mol. The van der Waals surface area contributed by atoms with Gasteiger partial charge in [-0.2, -0.15) is 0 Å². The smallest absolute Gasteiger partial charge is 0.0780 e. The van der Waals surface area contributed by atoms with Crippen molar-refractivity contribution < 1.29 is 16.9 Å². The number of halogens is 1. The number of quaternary nitrogens is 1. The first-order valence-electron chi connectivity index (χ1n) is 12.3. The van der Waals surface area contributed by atoms with Gasteiger partial charge in [-0.15, -0.1) is 0 Å². The van der Waals surface area contributed by atoms with Gasteiger partial charge in [0, 0.05) is 0 Å². The molecule has 0 spiro atoms. The topological polar surface area (TPSA) is 0 Å². The molecule has 0 fully saturated rings. The van der Waals surface area contributed by atoms with Crippen LogP contribution in [-0.4, -0.2) is 32.2 Å². The highest BCUT2D eigenvalue weighted by Crippen LogP contribution is 2.13. The molecule has 168 valence electrons. The van der Waals surface area contributed by atoms with Gasteiger partial charge < -0.3 is 16.9 Å². The third-order valence-corrected chi connectivity index (χ3v) is 5.14. The van der Waals surface area contributed by atoms with E-state index in [0.29, 0.717) is 0 Å². The van der Waals surface area contributed by atoms with Crippen LogP contribution in [0.25, 0.3) is 0 Å². The molecule has 0 aliphatic heterocycles. The van der Waals surface area contributed by atoms with Crippen LogP contribution in [0.15, 0.2) is 0 Å². The summed E-state index contributed by atoms with van der Waals surface area (Å²) in [6.07, 6.45) is 25.9. The van der Waals surface area contributed by atoms with Crippen LogP contribution in [0.1, 0.15) is 136 Å². The Hall–Kier alpha value is 0.250. The van der Waals surface area contributed by atoms with Gasteiger partial charge in [0.15, 0.2) is 0 Å². The summed E-state index contributed by atoms with van der Waals surface area (Å²) in [6.45, 7) is 8.09. The van der Waals surface area contributed by atoms with Crippen LogP contribution >= 0.6 is 0 Å². The minimum atomic E-state index is 0. The van der Waals surface area contributed by atoms with E-state index in [1.807, 2.05) is 0 Å². The minimum Gasteiger partial charge on any atom is -1.00 e. The summed E-state index contributed by atoms with van der Waals surface area (Å²) in [6, 6.07) is 0. The third-order valence-electron chi connectivity index (χ3n) is 5.14. The van der Waals surface area contributed by atoms with Crippen molar-refractivity contribution in [2.45, 2.75) is 136 Å². The maximum absolute atomic E-state index is 2.29. The Labute approximate surface area is 181 Å². The third kappa shape index (κ3) is 37.6.